The van der Waals surface area contributed by atoms with Crippen molar-refractivity contribution in [1.82, 2.24) is 9.80 Å². The van der Waals surface area contributed by atoms with Gasteiger partial charge in [-0.3, -0.25) is 9.69 Å². The van der Waals surface area contributed by atoms with Crippen LogP contribution in [-0.4, -0.2) is 67.2 Å². The molecule has 0 radical (unpaired) electrons. The van der Waals surface area contributed by atoms with Crippen LogP contribution >= 0.6 is 0 Å². The summed E-state index contributed by atoms with van der Waals surface area (Å²) in [6.45, 7) is 3.15. The van der Waals surface area contributed by atoms with Crippen LogP contribution in [0.2, 0.25) is 0 Å². The summed E-state index contributed by atoms with van der Waals surface area (Å²) in [6.07, 6.45) is 1.92. The number of ether oxygens (including phenoxy) is 2. The summed E-state index contributed by atoms with van der Waals surface area (Å²) < 4.78 is 25.0. The van der Waals surface area contributed by atoms with Gasteiger partial charge in [-0.25, -0.2) is 4.39 Å². The van der Waals surface area contributed by atoms with Gasteiger partial charge in [0, 0.05) is 45.5 Å². The second-order valence-electron chi connectivity index (χ2n) is 6.58. The van der Waals surface area contributed by atoms with Crippen LogP contribution in [0, 0.1) is 5.82 Å². The fourth-order valence-electron chi connectivity index (χ4n) is 3.90. The molecule has 0 N–H and O–H groups in total. The van der Waals surface area contributed by atoms with Crippen molar-refractivity contribution < 1.29 is 18.7 Å². The van der Waals surface area contributed by atoms with Crippen molar-refractivity contribution in [2.75, 3.05) is 33.4 Å². The highest BCUT2D eigenvalue weighted by atomic mass is 19.1. The van der Waals surface area contributed by atoms with E-state index in [2.05, 4.69) is 4.90 Å². The first kappa shape index (κ1) is 14.9. The van der Waals surface area contributed by atoms with Crippen LogP contribution < -0.4 is 4.74 Å². The molecule has 0 aromatic heterocycles. The Morgan fingerprint density at radius 1 is 1.22 bits per heavy atom. The first-order chi connectivity index (χ1) is 11.1. The van der Waals surface area contributed by atoms with Gasteiger partial charge in [-0.15, -0.1) is 0 Å². The van der Waals surface area contributed by atoms with E-state index < -0.39 is 0 Å². The minimum atomic E-state index is -0.378. The van der Waals surface area contributed by atoms with Crippen molar-refractivity contribution in [3.63, 3.8) is 0 Å². The molecule has 1 amide bonds. The van der Waals surface area contributed by atoms with Crippen LogP contribution in [-0.2, 0) is 4.74 Å². The third-order valence-corrected chi connectivity index (χ3v) is 5.24. The maximum atomic E-state index is 13.5. The summed E-state index contributed by atoms with van der Waals surface area (Å²) in [7, 11) is 1.81. The van der Waals surface area contributed by atoms with E-state index in [0.717, 1.165) is 39.1 Å². The Kier molecular flexibility index (Phi) is 3.73. The molecule has 124 valence electrons. The third kappa shape index (κ3) is 2.60. The summed E-state index contributed by atoms with van der Waals surface area (Å²) in [5.74, 6) is -0.110. The number of halogens is 1. The zero-order chi connectivity index (χ0) is 16.0. The Morgan fingerprint density at radius 3 is 2.78 bits per heavy atom. The van der Waals surface area contributed by atoms with Crippen molar-refractivity contribution in [1.29, 1.82) is 0 Å². The van der Waals surface area contributed by atoms with Gasteiger partial charge >= 0.3 is 0 Å². The van der Waals surface area contributed by atoms with E-state index in [0.29, 0.717) is 17.4 Å². The van der Waals surface area contributed by atoms with Gasteiger partial charge in [0.2, 0.25) is 0 Å². The Labute approximate surface area is 135 Å². The van der Waals surface area contributed by atoms with Crippen molar-refractivity contribution >= 4 is 5.91 Å². The molecule has 1 aromatic carbocycles. The normalized spacial score (nSPS) is 29.0. The standard InChI is InChI=1S/C17H21FN2O3/c1-19-14-9-20(12-4-6-22-7-5-12)10-16(14)23-15-8-11(18)2-3-13(15)17(19)21/h2-3,8,12,14,16H,4-7,9-10H2,1H3. The van der Waals surface area contributed by atoms with Gasteiger partial charge in [0.15, 0.2) is 0 Å². The van der Waals surface area contributed by atoms with E-state index in [-0.39, 0.29) is 23.9 Å². The number of hydrogen-bond donors (Lipinski definition) is 0. The molecule has 2 unspecified atom stereocenters. The van der Waals surface area contributed by atoms with Crippen LogP contribution in [0.15, 0.2) is 18.2 Å². The predicted octanol–water partition coefficient (Wildman–Crippen LogP) is 1.52. The number of carbonyl (C=O) groups excluding carboxylic acids is 1. The molecular weight excluding hydrogens is 299 g/mol. The number of nitrogens with zero attached hydrogens (tertiary/aromatic N) is 2. The molecule has 1 aromatic rings. The topological polar surface area (TPSA) is 42.0 Å². The van der Waals surface area contributed by atoms with Crippen LogP contribution in [0.4, 0.5) is 4.39 Å². The third-order valence-electron chi connectivity index (χ3n) is 5.24. The maximum Gasteiger partial charge on any atom is 0.257 e. The van der Waals surface area contributed by atoms with Crippen molar-refractivity contribution in [3.05, 3.63) is 29.6 Å². The summed E-state index contributed by atoms with van der Waals surface area (Å²) in [5.41, 5.74) is 0.445. The van der Waals surface area contributed by atoms with Crippen LogP contribution in [0.25, 0.3) is 0 Å². The number of carbonyl (C=O) groups is 1. The lowest BCUT2D eigenvalue weighted by molar-refractivity contribution is 0.0379. The molecule has 0 aliphatic carbocycles. The van der Waals surface area contributed by atoms with Gasteiger partial charge in [0.25, 0.3) is 5.91 Å². The van der Waals surface area contributed by atoms with Gasteiger partial charge in [-0.2, -0.15) is 0 Å². The molecular formula is C17H21FN2O3. The molecule has 3 aliphatic heterocycles. The SMILES string of the molecule is CN1C(=O)c2ccc(F)cc2OC2CN(C3CCOCC3)CC21. The minimum Gasteiger partial charge on any atom is -0.486 e. The summed E-state index contributed by atoms with van der Waals surface area (Å²) in [4.78, 5) is 16.8. The molecule has 0 saturated carbocycles. The minimum absolute atomic E-state index is 0.000746. The average Bonchev–Trinajstić information content (AvgIpc) is 2.95. The zero-order valence-electron chi connectivity index (χ0n) is 13.2. The molecule has 2 saturated heterocycles. The van der Waals surface area contributed by atoms with Crippen LogP contribution in [0.3, 0.4) is 0 Å². The second kappa shape index (κ2) is 5.76. The summed E-state index contributed by atoms with van der Waals surface area (Å²) >= 11 is 0. The van der Waals surface area contributed by atoms with Gasteiger partial charge < -0.3 is 14.4 Å². The molecule has 2 atom stereocenters. The smallest absolute Gasteiger partial charge is 0.257 e. The molecule has 2 fully saturated rings. The molecule has 0 spiro atoms. The Bertz CT molecular complexity index is 618. The van der Waals surface area contributed by atoms with Gasteiger partial charge in [0.05, 0.1) is 11.6 Å². The van der Waals surface area contributed by atoms with Crippen LogP contribution in [0.1, 0.15) is 23.2 Å². The van der Waals surface area contributed by atoms with E-state index in [9.17, 15) is 9.18 Å². The van der Waals surface area contributed by atoms with Crippen molar-refractivity contribution in [3.8, 4) is 5.75 Å². The highest BCUT2D eigenvalue weighted by molar-refractivity contribution is 5.97. The molecule has 4 rings (SSSR count). The predicted molar refractivity (Wildman–Crippen MR) is 82.1 cm³/mol. The molecule has 0 bridgehead atoms. The van der Waals surface area contributed by atoms with Gasteiger partial charge in [-0.1, -0.05) is 0 Å². The first-order valence-electron chi connectivity index (χ1n) is 8.18. The lowest BCUT2D eigenvalue weighted by Crippen LogP contribution is -2.44. The van der Waals surface area contributed by atoms with Gasteiger partial charge in [0.1, 0.15) is 17.7 Å². The fourth-order valence-corrected chi connectivity index (χ4v) is 3.90. The van der Waals surface area contributed by atoms with E-state index in [4.69, 9.17) is 9.47 Å². The lowest BCUT2D eigenvalue weighted by atomic mass is 10.1. The number of hydrogen-bond acceptors (Lipinski definition) is 4. The van der Waals surface area contributed by atoms with Crippen molar-refractivity contribution in [2.24, 2.45) is 0 Å². The number of benzene rings is 1. The Morgan fingerprint density at radius 2 is 2.00 bits per heavy atom. The molecule has 6 heteroatoms. The maximum absolute atomic E-state index is 13.5. The largest absolute Gasteiger partial charge is 0.486 e. The highest BCUT2D eigenvalue weighted by Crippen LogP contribution is 2.32. The van der Waals surface area contributed by atoms with E-state index in [1.807, 2.05) is 7.05 Å². The zero-order valence-corrected chi connectivity index (χ0v) is 13.2. The quantitative estimate of drug-likeness (QED) is 0.787. The van der Waals surface area contributed by atoms with E-state index in [1.54, 1.807) is 4.90 Å². The number of fused-ring (bicyclic) bond motifs is 2. The van der Waals surface area contributed by atoms with Gasteiger partial charge in [-0.05, 0) is 25.0 Å². The number of likely N-dealkylation sites (N-methyl/N-ethyl adjacent to an activating group) is 1. The molecule has 23 heavy (non-hydrogen) atoms. The number of rotatable bonds is 1. The summed E-state index contributed by atoms with van der Waals surface area (Å²) in [6, 6.07) is 4.63. The lowest BCUT2D eigenvalue weighted by Gasteiger charge is -2.31. The Hall–Kier alpha value is -1.66. The Balaban J connectivity index is 1.60. The number of likely N-dealkylation sites (tertiary alicyclic amines) is 1. The average molecular weight is 320 g/mol. The molecule has 3 heterocycles. The van der Waals surface area contributed by atoms with Crippen molar-refractivity contribution in [2.45, 2.75) is 31.0 Å². The van der Waals surface area contributed by atoms with E-state index >= 15 is 0 Å². The van der Waals surface area contributed by atoms with Crippen LogP contribution in [0.5, 0.6) is 5.75 Å². The number of amides is 1. The fraction of sp³-hybridized carbons (Fsp3) is 0.588. The molecule has 5 nitrogen and oxygen atoms in total. The second-order valence-corrected chi connectivity index (χ2v) is 6.58. The summed E-state index contributed by atoms with van der Waals surface area (Å²) in [5, 5.41) is 0. The highest BCUT2D eigenvalue weighted by Gasteiger charge is 2.44. The first-order valence-corrected chi connectivity index (χ1v) is 8.18. The van der Waals surface area contributed by atoms with E-state index in [1.165, 1.54) is 18.2 Å². The monoisotopic (exact) mass is 320 g/mol. The molecule has 3 aliphatic rings.